The number of halogens is 3. The SMILES string of the molecule is CNC(=O)c1cc2c(c(F)c1-c1c(Cl)c(F)cc3c1C[C@@](C=O)(c1ccccc1)O3)C1CC1O2. The monoisotopic (exact) mass is 481 g/mol. The van der Waals surface area contributed by atoms with Gasteiger partial charge < -0.3 is 14.8 Å². The fraction of sp³-hybridized carbons (Fsp3) is 0.231. The van der Waals surface area contributed by atoms with Crippen LogP contribution in [0.1, 0.15) is 39.4 Å². The van der Waals surface area contributed by atoms with E-state index in [0.29, 0.717) is 35.1 Å². The number of benzene rings is 3. The molecule has 0 saturated heterocycles. The van der Waals surface area contributed by atoms with E-state index in [2.05, 4.69) is 5.32 Å². The van der Waals surface area contributed by atoms with Crippen LogP contribution in [0.3, 0.4) is 0 Å². The van der Waals surface area contributed by atoms with Gasteiger partial charge in [-0.15, -0.1) is 0 Å². The highest BCUT2D eigenvalue weighted by Crippen LogP contribution is 2.57. The van der Waals surface area contributed by atoms with E-state index in [1.165, 1.54) is 13.1 Å². The van der Waals surface area contributed by atoms with E-state index in [1.807, 2.05) is 0 Å². The molecule has 1 fully saturated rings. The van der Waals surface area contributed by atoms with E-state index < -0.39 is 23.1 Å². The molecule has 0 aromatic heterocycles. The van der Waals surface area contributed by atoms with Gasteiger partial charge in [-0.05, 0) is 12.5 Å². The Hall–Kier alpha value is -3.45. The third kappa shape index (κ3) is 2.83. The van der Waals surface area contributed by atoms with Crippen molar-refractivity contribution in [1.29, 1.82) is 0 Å². The van der Waals surface area contributed by atoms with Crippen molar-refractivity contribution in [2.75, 3.05) is 7.05 Å². The highest BCUT2D eigenvalue weighted by atomic mass is 35.5. The van der Waals surface area contributed by atoms with Crippen molar-refractivity contribution in [1.82, 2.24) is 5.32 Å². The number of ether oxygens (including phenoxy) is 2. The summed E-state index contributed by atoms with van der Waals surface area (Å²) in [7, 11) is 1.42. The normalized spacial score (nSPS) is 23.3. The van der Waals surface area contributed by atoms with Crippen LogP contribution in [-0.4, -0.2) is 25.3 Å². The van der Waals surface area contributed by atoms with Gasteiger partial charge in [0.2, 0.25) is 0 Å². The average molecular weight is 482 g/mol. The summed E-state index contributed by atoms with van der Waals surface area (Å²) < 4.78 is 42.9. The van der Waals surface area contributed by atoms with Crippen molar-refractivity contribution >= 4 is 23.8 Å². The standard InChI is InChI=1S/C26H18ClF2NO4/c1-30-25(32)14-8-19-20(13-7-17(13)33-19)24(29)22(14)21-15-10-26(11-31,12-5-3-2-4-6-12)34-18(15)9-16(28)23(21)27/h2-6,8-9,11,13,17H,7,10H2,1H3,(H,30,32)/t13?,17?,26-/m1/s1. The van der Waals surface area contributed by atoms with Crippen molar-refractivity contribution in [3.05, 3.63) is 81.4 Å². The average Bonchev–Trinajstić information content (AvgIpc) is 3.34. The molecule has 1 N–H and O–H groups in total. The molecule has 3 aromatic rings. The predicted molar refractivity (Wildman–Crippen MR) is 120 cm³/mol. The van der Waals surface area contributed by atoms with Crippen molar-refractivity contribution < 1.29 is 27.8 Å². The van der Waals surface area contributed by atoms with Gasteiger partial charge in [0.15, 0.2) is 11.9 Å². The van der Waals surface area contributed by atoms with E-state index in [9.17, 15) is 9.59 Å². The van der Waals surface area contributed by atoms with Crippen molar-refractivity contribution in [3.63, 3.8) is 0 Å². The molecule has 34 heavy (non-hydrogen) atoms. The van der Waals surface area contributed by atoms with Gasteiger partial charge in [-0.1, -0.05) is 41.9 Å². The molecule has 1 saturated carbocycles. The summed E-state index contributed by atoms with van der Waals surface area (Å²) in [6.07, 6.45) is 1.22. The number of hydrogen-bond acceptors (Lipinski definition) is 4. The first-order chi connectivity index (χ1) is 16.4. The molecule has 0 radical (unpaired) electrons. The summed E-state index contributed by atoms with van der Waals surface area (Å²) in [6.45, 7) is 0. The lowest BCUT2D eigenvalue weighted by molar-refractivity contribution is -0.120. The smallest absolute Gasteiger partial charge is 0.251 e. The molecule has 6 rings (SSSR count). The van der Waals surface area contributed by atoms with Crippen LogP contribution < -0.4 is 14.8 Å². The molecule has 5 nitrogen and oxygen atoms in total. The summed E-state index contributed by atoms with van der Waals surface area (Å²) >= 11 is 6.43. The lowest BCUT2D eigenvalue weighted by Gasteiger charge is -2.22. The number of hydrogen-bond donors (Lipinski definition) is 1. The Morgan fingerprint density at radius 2 is 1.94 bits per heavy atom. The first kappa shape index (κ1) is 21.1. The zero-order valence-electron chi connectivity index (χ0n) is 18.0. The van der Waals surface area contributed by atoms with Crippen LogP contribution >= 0.6 is 11.6 Å². The Bertz CT molecular complexity index is 1390. The van der Waals surface area contributed by atoms with Crippen molar-refractivity contribution in [2.24, 2.45) is 0 Å². The van der Waals surface area contributed by atoms with Gasteiger partial charge in [0, 0.05) is 53.3 Å². The number of fused-ring (bicyclic) bond motifs is 4. The minimum atomic E-state index is -1.43. The molecular formula is C26H18ClF2NO4. The largest absolute Gasteiger partial charge is 0.489 e. The van der Waals surface area contributed by atoms with E-state index in [1.54, 1.807) is 30.3 Å². The van der Waals surface area contributed by atoms with Crippen molar-refractivity contribution in [2.45, 2.75) is 30.5 Å². The van der Waals surface area contributed by atoms with E-state index in [-0.39, 0.29) is 45.9 Å². The van der Waals surface area contributed by atoms with E-state index >= 15 is 8.78 Å². The fourth-order valence-corrected chi connectivity index (χ4v) is 5.35. The summed E-state index contributed by atoms with van der Waals surface area (Å²) in [5, 5.41) is 2.16. The maximum absolute atomic E-state index is 16.1. The Morgan fingerprint density at radius 1 is 1.18 bits per heavy atom. The highest BCUT2D eigenvalue weighted by Gasteiger charge is 2.51. The van der Waals surface area contributed by atoms with Gasteiger partial charge >= 0.3 is 0 Å². The third-order valence-corrected chi connectivity index (χ3v) is 7.21. The Balaban J connectivity index is 1.62. The maximum Gasteiger partial charge on any atom is 0.251 e. The van der Waals surface area contributed by atoms with E-state index in [0.717, 1.165) is 6.07 Å². The molecular weight excluding hydrogens is 464 g/mol. The van der Waals surface area contributed by atoms with Gasteiger partial charge in [-0.2, -0.15) is 0 Å². The Kier molecular flexibility index (Phi) is 4.51. The molecule has 0 spiro atoms. The minimum Gasteiger partial charge on any atom is -0.489 e. The fourth-order valence-electron chi connectivity index (χ4n) is 5.09. The lowest BCUT2D eigenvalue weighted by Crippen LogP contribution is -2.33. The van der Waals surface area contributed by atoms with Gasteiger partial charge in [0.25, 0.3) is 5.91 Å². The van der Waals surface area contributed by atoms with Crippen LogP contribution in [0.25, 0.3) is 11.1 Å². The predicted octanol–water partition coefficient (Wildman–Crippen LogP) is 4.92. The van der Waals surface area contributed by atoms with Crippen LogP contribution in [0.5, 0.6) is 11.5 Å². The van der Waals surface area contributed by atoms with Crippen LogP contribution in [0.4, 0.5) is 8.78 Å². The first-order valence-corrected chi connectivity index (χ1v) is 11.2. The molecule has 3 aliphatic rings. The Labute approximate surface area is 198 Å². The third-order valence-electron chi connectivity index (χ3n) is 6.84. The van der Waals surface area contributed by atoms with Crippen LogP contribution in [-0.2, 0) is 16.8 Å². The second kappa shape index (κ2) is 7.27. The van der Waals surface area contributed by atoms with Gasteiger partial charge in [-0.3, -0.25) is 9.59 Å². The van der Waals surface area contributed by atoms with Gasteiger partial charge in [0.1, 0.15) is 29.2 Å². The quantitative estimate of drug-likeness (QED) is 0.537. The summed E-state index contributed by atoms with van der Waals surface area (Å²) in [5.41, 5.74) is -0.270. The first-order valence-electron chi connectivity index (χ1n) is 10.9. The summed E-state index contributed by atoms with van der Waals surface area (Å²) in [6, 6.07) is 11.4. The number of amides is 1. The number of rotatable bonds is 4. The summed E-state index contributed by atoms with van der Waals surface area (Å²) in [4.78, 5) is 25.1. The van der Waals surface area contributed by atoms with Gasteiger partial charge in [0.05, 0.1) is 10.6 Å². The maximum atomic E-state index is 16.1. The molecule has 172 valence electrons. The molecule has 1 amide bonds. The Morgan fingerprint density at radius 3 is 2.65 bits per heavy atom. The molecule has 3 atom stereocenters. The second-order valence-corrected chi connectivity index (χ2v) is 9.16. The number of aldehydes is 1. The molecule has 2 unspecified atom stereocenters. The van der Waals surface area contributed by atoms with Crippen LogP contribution in [0.2, 0.25) is 5.02 Å². The molecule has 0 bridgehead atoms. The topological polar surface area (TPSA) is 64.6 Å². The minimum absolute atomic E-state index is 0.00254. The lowest BCUT2D eigenvalue weighted by atomic mass is 9.85. The van der Waals surface area contributed by atoms with Gasteiger partial charge in [-0.25, -0.2) is 8.78 Å². The molecule has 1 aliphatic carbocycles. The summed E-state index contributed by atoms with van der Waals surface area (Å²) in [5.74, 6) is -1.79. The zero-order chi connectivity index (χ0) is 23.8. The number of nitrogens with one attached hydrogen (secondary N) is 1. The number of carbonyl (C=O) groups is 2. The van der Waals surface area contributed by atoms with Crippen LogP contribution in [0.15, 0.2) is 42.5 Å². The van der Waals surface area contributed by atoms with Crippen molar-refractivity contribution in [3.8, 4) is 22.6 Å². The van der Waals surface area contributed by atoms with E-state index in [4.69, 9.17) is 21.1 Å². The number of carbonyl (C=O) groups excluding carboxylic acids is 2. The van der Waals surface area contributed by atoms with Crippen LogP contribution in [0, 0.1) is 11.6 Å². The second-order valence-electron chi connectivity index (χ2n) is 8.78. The molecule has 2 heterocycles. The molecule has 2 aliphatic heterocycles. The molecule has 8 heteroatoms. The zero-order valence-corrected chi connectivity index (χ0v) is 18.7. The highest BCUT2D eigenvalue weighted by molar-refractivity contribution is 6.34. The molecule has 3 aromatic carbocycles.